The van der Waals surface area contributed by atoms with Gasteiger partial charge in [0.15, 0.2) is 11.6 Å². The Hall–Kier alpha value is -0.680. The van der Waals surface area contributed by atoms with Crippen LogP contribution in [-0.4, -0.2) is 12.2 Å². The Bertz CT molecular complexity index is 330. The molecule has 0 amide bonds. The second kappa shape index (κ2) is 4.02. The Balaban J connectivity index is 3.24. The molecule has 0 saturated heterocycles. The molecule has 0 aromatic heterocycles. The van der Waals surface area contributed by atoms with Crippen LogP contribution in [0.4, 0.5) is 8.78 Å². The van der Waals surface area contributed by atoms with Crippen LogP contribution in [0.25, 0.3) is 0 Å². The van der Waals surface area contributed by atoms with E-state index < -0.39 is 17.4 Å². The number of nitrogens with one attached hydrogen (secondary N) is 1. The fourth-order valence-electron chi connectivity index (χ4n) is 0.960. The zero-order chi connectivity index (χ0) is 10.0. The van der Waals surface area contributed by atoms with Crippen LogP contribution in [0.15, 0.2) is 10.5 Å². The van der Waals surface area contributed by atoms with Gasteiger partial charge in [0, 0.05) is 12.1 Å². The van der Waals surface area contributed by atoms with E-state index in [4.69, 9.17) is 5.11 Å². The monoisotopic (exact) mass is 251 g/mol. The topological polar surface area (TPSA) is 32.3 Å². The second-order valence-electron chi connectivity index (χ2n) is 2.52. The van der Waals surface area contributed by atoms with E-state index in [1.165, 1.54) is 6.07 Å². The number of benzene rings is 1. The lowest BCUT2D eigenvalue weighted by atomic mass is 10.2. The average molecular weight is 252 g/mol. The molecule has 2 N–H and O–H groups in total. The molecule has 5 heteroatoms. The van der Waals surface area contributed by atoms with Crippen molar-refractivity contribution < 1.29 is 13.9 Å². The van der Waals surface area contributed by atoms with Crippen LogP contribution < -0.4 is 5.32 Å². The summed E-state index contributed by atoms with van der Waals surface area (Å²) in [5.74, 6) is -2.94. The summed E-state index contributed by atoms with van der Waals surface area (Å²) in [4.78, 5) is 0. The highest BCUT2D eigenvalue weighted by Gasteiger charge is 2.15. The summed E-state index contributed by atoms with van der Waals surface area (Å²) < 4.78 is 25.7. The highest BCUT2D eigenvalue weighted by Crippen LogP contribution is 2.29. The van der Waals surface area contributed by atoms with E-state index in [0.29, 0.717) is 5.56 Å². The standard InChI is InChI=1S/C8H8BrF2NO/c1-12-3-4-2-5(9)6(10)7(11)8(4)13/h2,12-13H,3H2,1H3. The van der Waals surface area contributed by atoms with E-state index in [9.17, 15) is 8.78 Å². The minimum Gasteiger partial charge on any atom is -0.505 e. The number of hydrogen-bond donors (Lipinski definition) is 2. The summed E-state index contributed by atoms with van der Waals surface area (Å²) in [6, 6.07) is 1.34. The number of phenols is 1. The van der Waals surface area contributed by atoms with Gasteiger partial charge in [-0.2, -0.15) is 4.39 Å². The third-order valence-corrected chi connectivity index (χ3v) is 2.16. The Kier molecular flexibility index (Phi) is 3.22. The van der Waals surface area contributed by atoms with Crippen molar-refractivity contribution >= 4 is 15.9 Å². The van der Waals surface area contributed by atoms with Crippen LogP contribution in [0.3, 0.4) is 0 Å². The molecule has 13 heavy (non-hydrogen) atoms. The molecular formula is C8H8BrF2NO. The Labute approximate surface area is 82.7 Å². The van der Waals surface area contributed by atoms with E-state index in [-0.39, 0.29) is 11.0 Å². The molecule has 0 spiro atoms. The van der Waals surface area contributed by atoms with Gasteiger partial charge in [0.25, 0.3) is 0 Å². The van der Waals surface area contributed by atoms with Gasteiger partial charge in [-0.05, 0) is 29.0 Å². The zero-order valence-electron chi connectivity index (χ0n) is 6.87. The molecule has 0 aliphatic carbocycles. The van der Waals surface area contributed by atoms with Crippen molar-refractivity contribution in [3.05, 3.63) is 27.7 Å². The molecule has 2 nitrogen and oxygen atoms in total. The van der Waals surface area contributed by atoms with Gasteiger partial charge in [-0.1, -0.05) is 0 Å². The molecule has 0 atom stereocenters. The molecular weight excluding hydrogens is 244 g/mol. The van der Waals surface area contributed by atoms with Crippen molar-refractivity contribution in [2.75, 3.05) is 7.05 Å². The summed E-state index contributed by atoms with van der Waals surface area (Å²) >= 11 is 2.85. The van der Waals surface area contributed by atoms with E-state index in [1.807, 2.05) is 0 Å². The van der Waals surface area contributed by atoms with Crippen LogP contribution in [0.5, 0.6) is 5.75 Å². The maximum absolute atomic E-state index is 12.9. The van der Waals surface area contributed by atoms with E-state index >= 15 is 0 Å². The minimum atomic E-state index is -1.22. The van der Waals surface area contributed by atoms with Gasteiger partial charge in [0.05, 0.1) is 4.47 Å². The van der Waals surface area contributed by atoms with Crippen molar-refractivity contribution in [1.82, 2.24) is 5.32 Å². The molecule has 0 heterocycles. The maximum Gasteiger partial charge on any atom is 0.201 e. The largest absolute Gasteiger partial charge is 0.505 e. The SMILES string of the molecule is CNCc1cc(Br)c(F)c(F)c1O. The molecule has 0 fully saturated rings. The van der Waals surface area contributed by atoms with Crippen molar-refractivity contribution in [2.24, 2.45) is 0 Å². The predicted molar refractivity (Wildman–Crippen MR) is 48.5 cm³/mol. The van der Waals surface area contributed by atoms with Gasteiger partial charge >= 0.3 is 0 Å². The highest BCUT2D eigenvalue weighted by molar-refractivity contribution is 9.10. The number of phenolic OH excluding ortho intramolecular Hbond substituents is 1. The van der Waals surface area contributed by atoms with Crippen LogP contribution in [0, 0.1) is 11.6 Å². The molecule has 0 aliphatic rings. The van der Waals surface area contributed by atoms with E-state index in [2.05, 4.69) is 21.2 Å². The van der Waals surface area contributed by atoms with Gasteiger partial charge in [0.1, 0.15) is 0 Å². The van der Waals surface area contributed by atoms with Gasteiger partial charge in [-0.3, -0.25) is 0 Å². The molecule has 1 aromatic carbocycles. The molecule has 1 rings (SSSR count). The van der Waals surface area contributed by atoms with Crippen LogP contribution in [-0.2, 0) is 6.54 Å². The summed E-state index contributed by atoms with van der Waals surface area (Å²) in [7, 11) is 1.65. The predicted octanol–water partition coefficient (Wildman–Crippen LogP) is 2.15. The quantitative estimate of drug-likeness (QED) is 0.790. The molecule has 0 saturated carbocycles. The Morgan fingerprint density at radius 3 is 2.62 bits per heavy atom. The van der Waals surface area contributed by atoms with E-state index in [1.54, 1.807) is 7.05 Å². The first kappa shape index (κ1) is 10.4. The fourth-order valence-corrected chi connectivity index (χ4v) is 1.41. The first-order valence-electron chi connectivity index (χ1n) is 3.58. The average Bonchev–Trinajstić information content (AvgIpc) is 2.11. The molecule has 0 bridgehead atoms. The summed E-state index contributed by atoms with van der Waals surface area (Å²) in [6.45, 7) is 0.279. The van der Waals surface area contributed by atoms with Crippen LogP contribution >= 0.6 is 15.9 Å². The Morgan fingerprint density at radius 1 is 1.46 bits per heavy atom. The van der Waals surface area contributed by atoms with Crippen molar-refractivity contribution in [2.45, 2.75) is 6.54 Å². The third-order valence-electron chi connectivity index (χ3n) is 1.58. The normalized spacial score (nSPS) is 10.5. The van der Waals surface area contributed by atoms with Gasteiger partial charge in [-0.15, -0.1) is 0 Å². The first-order valence-corrected chi connectivity index (χ1v) is 4.37. The number of rotatable bonds is 2. The lowest BCUT2D eigenvalue weighted by molar-refractivity contribution is 0.398. The minimum absolute atomic E-state index is 0.00745. The number of halogens is 3. The molecule has 0 radical (unpaired) electrons. The summed E-state index contributed by atoms with van der Waals surface area (Å²) in [6.07, 6.45) is 0. The van der Waals surface area contributed by atoms with E-state index in [0.717, 1.165) is 0 Å². The Morgan fingerprint density at radius 2 is 2.08 bits per heavy atom. The lowest BCUT2D eigenvalue weighted by Gasteiger charge is -2.06. The molecule has 0 aliphatic heterocycles. The molecule has 1 aromatic rings. The van der Waals surface area contributed by atoms with Crippen LogP contribution in [0.2, 0.25) is 0 Å². The number of hydrogen-bond acceptors (Lipinski definition) is 2. The third kappa shape index (κ3) is 1.97. The summed E-state index contributed by atoms with van der Waals surface area (Å²) in [5.41, 5.74) is 0.313. The van der Waals surface area contributed by atoms with Crippen molar-refractivity contribution in [3.8, 4) is 5.75 Å². The van der Waals surface area contributed by atoms with Crippen molar-refractivity contribution in [3.63, 3.8) is 0 Å². The lowest BCUT2D eigenvalue weighted by Crippen LogP contribution is -2.06. The summed E-state index contributed by atoms with van der Waals surface area (Å²) in [5, 5.41) is 11.9. The molecule has 0 unspecified atom stereocenters. The second-order valence-corrected chi connectivity index (χ2v) is 3.38. The van der Waals surface area contributed by atoms with Gasteiger partial charge < -0.3 is 10.4 Å². The smallest absolute Gasteiger partial charge is 0.201 e. The zero-order valence-corrected chi connectivity index (χ0v) is 8.45. The molecule has 72 valence electrons. The maximum atomic E-state index is 12.9. The first-order chi connectivity index (χ1) is 6.07. The highest BCUT2D eigenvalue weighted by atomic mass is 79.9. The van der Waals surface area contributed by atoms with Crippen molar-refractivity contribution in [1.29, 1.82) is 0 Å². The van der Waals surface area contributed by atoms with Crippen LogP contribution in [0.1, 0.15) is 5.56 Å². The number of aromatic hydroxyl groups is 1. The van der Waals surface area contributed by atoms with Gasteiger partial charge in [-0.25, -0.2) is 4.39 Å². The fraction of sp³-hybridized carbons (Fsp3) is 0.250. The van der Waals surface area contributed by atoms with Gasteiger partial charge in [0.2, 0.25) is 5.82 Å².